The molecule has 4 N–H and O–H groups in total. The lowest BCUT2D eigenvalue weighted by Crippen LogP contribution is -2.66. The summed E-state index contributed by atoms with van der Waals surface area (Å²) in [6.07, 6.45) is -10.6. The van der Waals surface area contributed by atoms with Crippen molar-refractivity contribution >= 4 is 101 Å². The first kappa shape index (κ1) is 97.3. The van der Waals surface area contributed by atoms with E-state index in [-0.39, 0.29) is 133 Å². The number of carbonyl (C=O) groups is 17. The van der Waals surface area contributed by atoms with Gasteiger partial charge in [0.1, 0.15) is 67.8 Å². The Morgan fingerprint density at radius 3 is 0.911 bits per heavy atom. The number of unbranched alkanes of at least 4 members (excludes halogenated alkanes) is 5. The number of ether oxygens (including phenoxy) is 15. The van der Waals surface area contributed by atoms with Crippen LogP contribution in [0, 0.1) is 0 Å². The monoisotopic (exact) mass is 1600 g/mol. The molecule has 0 aromatic rings. The van der Waals surface area contributed by atoms with Crippen LogP contribution in [0.25, 0.3) is 0 Å². The van der Waals surface area contributed by atoms with Gasteiger partial charge in [-0.25, -0.2) is 0 Å². The van der Waals surface area contributed by atoms with Crippen LogP contribution >= 0.6 is 0 Å². The molecule has 38 nitrogen and oxygen atoms in total. The summed E-state index contributed by atoms with van der Waals surface area (Å²) < 4.78 is 84.9. The average molecular weight is 1600 g/mol. The maximum atomic E-state index is 14.3. The first-order chi connectivity index (χ1) is 53.0. The van der Waals surface area contributed by atoms with Gasteiger partial charge < -0.3 is 107 Å². The number of nitrogens with one attached hydrogen (secondary N) is 4. The molecule has 6 unspecified atom stereocenters. The van der Waals surface area contributed by atoms with E-state index in [0.29, 0.717) is 64.2 Å². The van der Waals surface area contributed by atoms with Crippen LogP contribution in [0.3, 0.4) is 0 Å². The van der Waals surface area contributed by atoms with Crippen LogP contribution in [0.5, 0.6) is 0 Å². The summed E-state index contributed by atoms with van der Waals surface area (Å²) in [6, 6.07) is -3.58. The molecular weight excluding hydrogens is 1480 g/mol. The summed E-state index contributed by atoms with van der Waals surface area (Å²) >= 11 is 0. The third-order valence-electron chi connectivity index (χ3n) is 17.3. The standard InChI is InChI=1S/C74H116N6O32/c1-43(81)26-14-15-30-61(96)80(34-24-32-75-60(95)29-18-22-38-99-73-64(77-45(3)83)70(108-54(12)92)67(105-51(9)89)58(111-73)41-102-48(6)86)36-25-35-79(62(97)31-19-23-39-100-74-65(78-46(4)84)71(109-55(13)93)68(106-52(10)90)59(112-74)42-103-49(7)87)33-20-16-27-56(94)28-17-21-37-98-72-63(76-44(2)82)69(107-53(11)91)66(104-50(8)88)57(110-72)40-101-47(5)85/h57-59,63-74H,14-42H2,1-13H3,(H,75,95)(H,76,82)(H,77,83)(H,78,84)/t57?,58?,59?,63?,64?,65?,66-,67-,68-,69+,70+,71+,72+,73+,74+/m0/s1. The number of esters is 9. The smallest absolute Gasteiger partial charge is 0.303 e. The summed E-state index contributed by atoms with van der Waals surface area (Å²) in [5, 5.41) is 10.8. The molecule has 112 heavy (non-hydrogen) atoms. The second-order valence-electron chi connectivity index (χ2n) is 27.4. The van der Waals surface area contributed by atoms with Crippen molar-refractivity contribution in [3.05, 3.63) is 0 Å². The number of hydrogen-bond acceptors (Lipinski definition) is 32. The zero-order valence-corrected chi connectivity index (χ0v) is 66.6. The molecule has 3 fully saturated rings. The Morgan fingerprint density at radius 1 is 0.304 bits per heavy atom. The van der Waals surface area contributed by atoms with Crippen LogP contribution in [0.2, 0.25) is 0 Å². The van der Waals surface area contributed by atoms with E-state index in [2.05, 4.69) is 21.3 Å². The molecular formula is C74H116N6O32. The van der Waals surface area contributed by atoms with Gasteiger partial charge in [0, 0.05) is 174 Å². The van der Waals surface area contributed by atoms with Gasteiger partial charge in [0.15, 0.2) is 55.5 Å². The maximum Gasteiger partial charge on any atom is 0.303 e. The van der Waals surface area contributed by atoms with E-state index in [1.807, 2.05) is 0 Å². The summed E-state index contributed by atoms with van der Waals surface area (Å²) in [5.41, 5.74) is 0. The number of rotatable bonds is 51. The maximum absolute atomic E-state index is 14.3. The first-order valence-corrected chi connectivity index (χ1v) is 37.9. The number of hydrogen-bond donors (Lipinski definition) is 4. The van der Waals surface area contributed by atoms with Crippen LogP contribution in [-0.2, 0) is 153 Å². The van der Waals surface area contributed by atoms with Crippen molar-refractivity contribution in [3.63, 3.8) is 0 Å². The molecule has 3 heterocycles. The average Bonchev–Trinajstić information content (AvgIpc) is 0.799. The molecule has 0 aromatic heterocycles. The SMILES string of the molecule is CC(=O)CCCCC(=O)N(CCCNC(=O)CCCCO[C@@H]1OC(COC(C)=O)[C@H](OC(C)=O)[C@H](OC(C)=O)C1NC(C)=O)CCCN(CCCCC(=O)CCCCO[C@@H]1OC(COC(C)=O)[C@H](OC(C)=O)[C@H](OC(C)=O)C1NC(C)=O)C(=O)CCCCO[C@@H]1OC(COC(C)=O)[C@H](OC(C)=O)[C@H](OC(C)=O)C1NC(C)=O. The third kappa shape index (κ3) is 39.1. The highest BCUT2D eigenvalue weighted by molar-refractivity contribution is 5.80. The number of amides is 6. The largest absolute Gasteiger partial charge is 0.463 e. The quantitative estimate of drug-likeness (QED) is 0.0384. The lowest BCUT2D eigenvalue weighted by atomic mass is 9.96. The van der Waals surface area contributed by atoms with E-state index >= 15 is 0 Å². The molecule has 0 saturated carbocycles. The van der Waals surface area contributed by atoms with Crippen molar-refractivity contribution < 1.29 is 153 Å². The molecule has 38 heteroatoms. The Labute approximate surface area is 652 Å². The molecule has 0 aromatic carbocycles. The van der Waals surface area contributed by atoms with E-state index in [9.17, 15) is 81.5 Å². The van der Waals surface area contributed by atoms with Gasteiger partial charge in [-0.2, -0.15) is 0 Å². The normalized spacial score (nSPS) is 23.2. The topological polar surface area (TPSA) is 483 Å². The van der Waals surface area contributed by atoms with E-state index in [1.54, 1.807) is 9.80 Å². The minimum Gasteiger partial charge on any atom is -0.463 e. The Balaban J connectivity index is 1.75. The first-order valence-electron chi connectivity index (χ1n) is 37.9. The number of Topliss-reactive ketones (excluding diaryl/α,β-unsaturated/α-hetero) is 2. The number of nitrogens with zero attached hydrogens (tertiary/aromatic N) is 2. The molecule has 0 bridgehead atoms. The van der Waals surface area contributed by atoms with Crippen molar-refractivity contribution in [2.24, 2.45) is 0 Å². The van der Waals surface area contributed by atoms with E-state index < -0.39 is 183 Å². The highest BCUT2D eigenvalue weighted by atomic mass is 16.7. The van der Waals surface area contributed by atoms with Crippen molar-refractivity contribution in [1.82, 2.24) is 31.1 Å². The minimum atomic E-state index is -1.36. The Morgan fingerprint density at radius 2 is 0.589 bits per heavy atom. The fourth-order valence-electron chi connectivity index (χ4n) is 12.6. The zero-order valence-electron chi connectivity index (χ0n) is 66.6. The van der Waals surface area contributed by atoms with Crippen molar-refractivity contribution in [2.75, 3.05) is 72.4 Å². The molecule has 3 aliphatic rings. The van der Waals surface area contributed by atoms with Gasteiger partial charge in [-0.1, -0.05) is 0 Å². The summed E-state index contributed by atoms with van der Waals surface area (Å²) in [4.78, 5) is 216. The van der Waals surface area contributed by atoms with Gasteiger partial charge in [-0.15, -0.1) is 0 Å². The van der Waals surface area contributed by atoms with Crippen LogP contribution in [0.15, 0.2) is 0 Å². The van der Waals surface area contributed by atoms with E-state index in [0.717, 1.165) is 62.3 Å². The second kappa shape index (κ2) is 52.5. The van der Waals surface area contributed by atoms with Gasteiger partial charge in [0.05, 0.1) is 0 Å². The van der Waals surface area contributed by atoms with Gasteiger partial charge in [-0.05, 0) is 84.0 Å². The molecule has 6 amide bonds. The molecule has 3 saturated heterocycles. The fraction of sp³-hybridized carbons (Fsp3) is 0.770. The highest BCUT2D eigenvalue weighted by Gasteiger charge is 2.54. The summed E-state index contributed by atoms with van der Waals surface area (Å²) in [6.45, 7) is 14.8. The lowest BCUT2D eigenvalue weighted by molar-refractivity contribution is -0.277. The molecule has 3 rings (SSSR count). The Hall–Kier alpha value is -8.85. The van der Waals surface area contributed by atoms with Gasteiger partial charge >= 0.3 is 53.7 Å². The molecule has 3 aliphatic heterocycles. The molecule has 0 spiro atoms. The van der Waals surface area contributed by atoms with Gasteiger partial charge in [0.25, 0.3) is 0 Å². The summed E-state index contributed by atoms with van der Waals surface area (Å²) in [5.74, 6) is -9.29. The predicted molar refractivity (Wildman–Crippen MR) is 385 cm³/mol. The van der Waals surface area contributed by atoms with E-state index in [1.165, 1.54) is 27.7 Å². The zero-order chi connectivity index (χ0) is 83.6. The van der Waals surface area contributed by atoms with E-state index in [4.69, 9.17) is 71.1 Å². The van der Waals surface area contributed by atoms with Crippen molar-refractivity contribution in [3.8, 4) is 0 Å². The predicted octanol–water partition coefficient (Wildman–Crippen LogP) is 1.96. The Kier molecular flexibility index (Phi) is 45.6. The van der Waals surface area contributed by atoms with Crippen LogP contribution in [-0.4, -0.2) is 275 Å². The number of carbonyl (C=O) groups excluding carboxylic acids is 17. The van der Waals surface area contributed by atoms with Crippen molar-refractivity contribution in [1.29, 1.82) is 0 Å². The lowest BCUT2D eigenvalue weighted by Gasteiger charge is -2.44. The molecule has 0 aliphatic carbocycles. The molecule has 15 atom stereocenters. The van der Waals surface area contributed by atoms with Gasteiger partial charge in [-0.3, -0.25) is 76.7 Å². The molecule has 634 valence electrons. The van der Waals surface area contributed by atoms with Crippen LogP contribution in [0.1, 0.15) is 206 Å². The minimum absolute atomic E-state index is 0.00258. The van der Waals surface area contributed by atoms with Crippen LogP contribution < -0.4 is 21.3 Å². The molecule has 0 radical (unpaired) electrons. The number of ketones is 2. The van der Waals surface area contributed by atoms with Gasteiger partial charge in [0.2, 0.25) is 35.4 Å². The van der Waals surface area contributed by atoms with Crippen molar-refractivity contribution in [2.45, 2.75) is 298 Å². The van der Waals surface area contributed by atoms with Crippen LogP contribution in [0.4, 0.5) is 0 Å². The highest BCUT2D eigenvalue weighted by Crippen LogP contribution is 2.32. The third-order valence-corrected chi connectivity index (χ3v) is 17.3. The Bertz CT molecular complexity index is 3140. The second-order valence-corrected chi connectivity index (χ2v) is 27.4. The fourth-order valence-corrected chi connectivity index (χ4v) is 12.6. The summed E-state index contributed by atoms with van der Waals surface area (Å²) in [7, 11) is 0.